The monoisotopic (exact) mass is 359 g/mol. The Hall–Kier alpha value is -2.28. The van der Waals surface area contributed by atoms with Gasteiger partial charge in [-0.3, -0.25) is 4.79 Å². The number of benzene rings is 1. The van der Waals surface area contributed by atoms with Crippen LogP contribution in [0.5, 0.6) is 11.5 Å². The Bertz CT molecular complexity index is 754. The average molecular weight is 359 g/mol. The zero-order valence-electron chi connectivity index (χ0n) is 13.9. The molecule has 2 aromatic rings. The number of nitrogens with zero attached hydrogens (tertiary/aromatic N) is 1. The maximum Gasteiger partial charge on any atom is 0.271 e. The van der Waals surface area contributed by atoms with E-state index in [1.165, 1.54) is 37.0 Å². The molecule has 1 aliphatic heterocycles. The highest BCUT2D eigenvalue weighted by Gasteiger charge is 2.18. The molecule has 0 radical (unpaired) electrons. The molecule has 4 rings (SSSR count). The lowest BCUT2D eigenvalue weighted by molar-refractivity contribution is 0.0929. The number of ether oxygens (including phenoxy) is 2. The summed E-state index contributed by atoms with van der Waals surface area (Å²) in [6, 6.07) is 5.91. The summed E-state index contributed by atoms with van der Waals surface area (Å²) in [5.74, 6) is 1.38. The Morgan fingerprint density at radius 2 is 1.92 bits per heavy atom. The van der Waals surface area contributed by atoms with Crippen molar-refractivity contribution in [2.24, 2.45) is 0 Å². The third-order valence-electron chi connectivity index (χ3n) is 4.55. The van der Waals surface area contributed by atoms with Crippen LogP contribution in [0.15, 0.2) is 23.6 Å². The van der Waals surface area contributed by atoms with Gasteiger partial charge in [0, 0.05) is 23.2 Å². The van der Waals surface area contributed by atoms with E-state index < -0.39 is 0 Å². The molecule has 1 saturated carbocycles. The summed E-state index contributed by atoms with van der Waals surface area (Å²) >= 11 is 1.42. The number of anilines is 2. The molecule has 7 heteroatoms. The largest absolute Gasteiger partial charge is 0.454 e. The molecule has 1 aromatic carbocycles. The van der Waals surface area contributed by atoms with Gasteiger partial charge in [0.25, 0.3) is 5.91 Å². The number of carbonyl (C=O) groups excluding carboxylic acids is 1. The van der Waals surface area contributed by atoms with E-state index in [0.29, 0.717) is 16.6 Å². The van der Waals surface area contributed by atoms with Crippen LogP contribution in [0.1, 0.15) is 49.0 Å². The summed E-state index contributed by atoms with van der Waals surface area (Å²) in [6.07, 6.45) is 7.06. The van der Waals surface area contributed by atoms with Crippen LogP contribution < -0.4 is 20.1 Å². The molecule has 6 nitrogen and oxygen atoms in total. The number of hydrogen-bond donors (Lipinski definition) is 2. The molecule has 0 unspecified atom stereocenters. The van der Waals surface area contributed by atoms with Crippen molar-refractivity contribution in [1.29, 1.82) is 0 Å². The molecule has 0 saturated heterocycles. The van der Waals surface area contributed by atoms with Crippen LogP contribution in [0.3, 0.4) is 0 Å². The maximum atomic E-state index is 12.4. The maximum absolute atomic E-state index is 12.4. The predicted molar refractivity (Wildman–Crippen MR) is 96.9 cm³/mol. The molecule has 2 aliphatic rings. The van der Waals surface area contributed by atoms with Crippen LogP contribution in [0.25, 0.3) is 0 Å². The fourth-order valence-corrected chi connectivity index (χ4v) is 3.93. The smallest absolute Gasteiger partial charge is 0.271 e. The minimum Gasteiger partial charge on any atom is -0.454 e. The highest BCUT2D eigenvalue weighted by molar-refractivity contribution is 7.14. The van der Waals surface area contributed by atoms with Gasteiger partial charge in [-0.1, -0.05) is 25.7 Å². The lowest BCUT2D eigenvalue weighted by Crippen LogP contribution is -2.34. The number of fused-ring (bicyclic) bond motifs is 1. The summed E-state index contributed by atoms with van der Waals surface area (Å²) in [4.78, 5) is 16.8. The minimum atomic E-state index is -0.0816. The van der Waals surface area contributed by atoms with E-state index in [4.69, 9.17) is 9.47 Å². The molecule has 132 valence electrons. The number of amides is 1. The van der Waals surface area contributed by atoms with E-state index in [1.54, 1.807) is 5.38 Å². The number of nitrogens with one attached hydrogen (secondary N) is 2. The Labute approximate surface area is 150 Å². The van der Waals surface area contributed by atoms with Crippen molar-refractivity contribution in [1.82, 2.24) is 10.3 Å². The SMILES string of the molecule is O=C(NC1CCCCCC1)c1csc(Nc2ccc3c(c2)OCO3)n1. The van der Waals surface area contributed by atoms with Crippen molar-refractivity contribution in [2.45, 2.75) is 44.6 Å². The number of carbonyl (C=O) groups is 1. The van der Waals surface area contributed by atoms with E-state index in [-0.39, 0.29) is 18.7 Å². The standard InChI is InChI=1S/C18H21N3O3S/c22-17(19-12-5-3-1-2-4-6-12)14-10-25-18(21-14)20-13-7-8-15-16(9-13)24-11-23-15/h7-10,12H,1-6,11H2,(H,19,22)(H,20,21). The summed E-state index contributed by atoms with van der Waals surface area (Å²) < 4.78 is 10.7. The molecular formula is C18H21N3O3S. The van der Waals surface area contributed by atoms with Crippen LogP contribution in [-0.4, -0.2) is 23.7 Å². The Kier molecular flexibility index (Phi) is 4.74. The van der Waals surface area contributed by atoms with Gasteiger partial charge in [0.05, 0.1) is 0 Å². The predicted octanol–water partition coefficient (Wildman–Crippen LogP) is 4.07. The third kappa shape index (κ3) is 3.87. The highest BCUT2D eigenvalue weighted by Crippen LogP contribution is 2.35. The van der Waals surface area contributed by atoms with Crippen LogP contribution >= 0.6 is 11.3 Å². The van der Waals surface area contributed by atoms with Gasteiger partial charge in [0.15, 0.2) is 16.6 Å². The van der Waals surface area contributed by atoms with Gasteiger partial charge in [-0.25, -0.2) is 4.98 Å². The first-order valence-electron chi connectivity index (χ1n) is 8.71. The first-order chi connectivity index (χ1) is 12.3. The number of aromatic nitrogens is 1. The Morgan fingerprint density at radius 3 is 2.76 bits per heavy atom. The van der Waals surface area contributed by atoms with E-state index in [1.807, 2.05) is 18.2 Å². The Balaban J connectivity index is 1.38. The van der Waals surface area contributed by atoms with Crippen molar-refractivity contribution in [2.75, 3.05) is 12.1 Å². The van der Waals surface area contributed by atoms with Crippen molar-refractivity contribution >= 4 is 28.1 Å². The third-order valence-corrected chi connectivity index (χ3v) is 5.31. The fourth-order valence-electron chi connectivity index (χ4n) is 3.22. The molecule has 25 heavy (non-hydrogen) atoms. The van der Waals surface area contributed by atoms with E-state index in [2.05, 4.69) is 15.6 Å². The summed E-state index contributed by atoms with van der Waals surface area (Å²) in [7, 11) is 0. The molecule has 1 amide bonds. The number of hydrogen-bond acceptors (Lipinski definition) is 6. The molecule has 0 atom stereocenters. The van der Waals surface area contributed by atoms with Gasteiger partial charge in [-0.2, -0.15) is 0 Å². The van der Waals surface area contributed by atoms with Gasteiger partial charge in [0.2, 0.25) is 6.79 Å². The van der Waals surface area contributed by atoms with E-state index in [9.17, 15) is 4.79 Å². The lowest BCUT2D eigenvalue weighted by atomic mass is 10.1. The van der Waals surface area contributed by atoms with Gasteiger partial charge >= 0.3 is 0 Å². The van der Waals surface area contributed by atoms with Gasteiger partial charge in [0.1, 0.15) is 5.69 Å². The van der Waals surface area contributed by atoms with Crippen LogP contribution in [0.2, 0.25) is 0 Å². The van der Waals surface area contributed by atoms with Crippen molar-refractivity contribution < 1.29 is 14.3 Å². The summed E-state index contributed by atoms with van der Waals surface area (Å²) in [6.45, 7) is 0.252. The quantitative estimate of drug-likeness (QED) is 0.805. The topological polar surface area (TPSA) is 72.5 Å². The molecule has 2 heterocycles. The Morgan fingerprint density at radius 1 is 1.12 bits per heavy atom. The molecular weight excluding hydrogens is 338 g/mol. The normalized spacial score (nSPS) is 17.1. The summed E-state index contributed by atoms with van der Waals surface area (Å²) in [5.41, 5.74) is 1.33. The second kappa shape index (κ2) is 7.31. The first-order valence-corrected chi connectivity index (χ1v) is 9.59. The first kappa shape index (κ1) is 16.2. The van der Waals surface area contributed by atoms with E-state index in [0.717, 1.165) is 24.3 Å². The second-order valence-electron chi connectivity index (χ2n) is 6.39. The molecule has 2 N–H and O–H groups in total. The van der Waals surface area contributed by atoms with Crippen LogP contribution in [0, 0.1) is 0 Å². The van der Waals surface area contributed by atoms with Crippen molar-refractivity contribution in [3.63, 3.8) is 0 Å². The van der Waals surface area contributed by atoms with Crippen molar-refractivity contribution in [3.05, 3.63) is 29.3 Å². The lowest BCUT2D eigenvalue weighted by Gasteiger charge is -2.15. The van der Waals surface area contributed by atoms with Gasteiger partial charge in [-0.15, -0.1) is 11.3 Å². The number of rotatable bonds is 4. The highest BCUT2D eigenvalue weighted by atomic mass is 32.1. The number of thiazole rings is 1. The zero-order valence-corrected chi connectivity index (χ0v) is 14.7. The van der Waals surface area contributed by atoms with E-state index >= 15 is 0 Å². The fraction of sp³-hybridized carbons (Fsp3) is 0.444. The molecule has 1 aliphatic carbocycles. The summed E-state index contributed by atoms with van der Waals surface area (Å²) in [5, 5.41) is 8.82. The van der Waals surface area contributed by atoms with Crippen LogP contribution in [0.4, 0.5) is 10.8 Å². The van der Waals surface area contributed by atoms with Crippen molar-refractivity contribution in [3.8, 4) is 11.5 Å². The average Bonchev–Trinajstić information content (AvgIpc) is 3.19. The zero-order chi connectivity index (χ0) is 17.1. The molecule has 0 spiro atoms. The molecule has 1 aromatic heterocycles. The van der Waals surface area contributed by atoms with Gasteiger partial charge in [-0.05, 0) is 25.0 Å². The van der Waals surface area contributed by atoms with Crippen LogP contribution in [-0.2, 0) is 0 Å². The van der Waals surface area contributed by atoms with Gasteiger partial charge < -0.3 is 20.1 Å². The molecule has 1 fully saturated rings. The minimum absolute atomic E-state index is 0.0816. The molecule has 0 bridgehead atoms. The second-order valence-corrected chi connectivity index (χ2v) is 7.25.